The molecule has 2 fully saturated rings. The van der Waals surface area contributed by atoms with E-state index in [0.717, 1.165) is 6.20 Å². The molecule has 11 heteroatoms. The molecule has 0 saturated carbocycles. The molecule has 3 rings (SSSR count). The molecule has 3 atom stereocenters. The second-order valence-electron chi connectivity index (χ2n) is 5.19. The number of aliphatic hydroxyl groups excluding tert-OH is 2. The highest BCUT2D eigenvalue weighted by Gasteiger charge is 2.59. The van der Waals surface area contributed by atoms with Crippen molar-refractivity contribution in [3.05, 3.63) is 22.7 Å². The summed E-state index contributed by atoms with van der Waals surface area (Å²) in [6.07, 6.45) is -4.82. The van der Waals surface area contributed by atoms with E-state index in [1.165, 1.54) is 11.0 Å². The lowest BCUT2D eigenvalue weighted by Gasteiger charge is -2.21. The summed E-state index contributed by atoms with van der Waals surface area (Å²) >= 11 is 0. The molecule has 0 bridgehead atoms. The van der Waals surface area contributed by atoms with Gasteiger partial charge in [-0.1, -0.05) is 0 Å². The van der Waals surface area contributed by atoms with Crippen molar-refractivity contribution in [3.63, 3.8) is 0 Å². The van der Waals surface area contributed by atoms with Crippen LogP contribution in [0, 0.1) is 0 Å². The molecule has 2 aliphatic heterocycles. The number of nitrogens with one attached hydrogen (secondary N) is 1. The monoisotopic (exact) mass is 332 g/mol. The van der Waals surface area contributed by atoms with Gasteiger partial charge < -0.3 is 20.3 Å². The van der Waals surface area contributed by atoms with Crippen molar-refractivity contribution in [2.24, 2.45) is 0 Å². The van der Waals surface area contributed by atoms with Crippen molar-refractivity contribution in [1.82, 2.24) is 14.9 Å². The fourth-order valence-electron chi connectivity index (χ4n) is 2.54. The normalized spacial score (nSPS) is 29.8. The summed E-state index contributed by atoms with van der Waals surface area (Å²) in [5.41, 5.74) is -1.06. The van der Waals surface area contributed by atoms with Gasteiger partial charge in [0.15, 0.2) is 6.10 Å². The van der Waals surface area contributed by atoms with Crippen LogP contribution in [0.2, 0.25) is 0 Å². The fraction of sp³-hybridized carbons (Fsp3) is 0.583. The summed E-state index contributed by atoms with van der Waals surface area (Å²) < 4.78 is 33.4. The fourth-order valence-corrected chi connectivity index (χ4v) is 2.54. The molecule has 1 aromatic rings. The van der Waals surface area contributed by atoms with E-state index in [1.54, 1.807) is 0 Å². The molecule has 2 saturated heterocycles. The Morgan fingerprint density at radius 2 is 2.22 bits per heavy atom. The van der Waals surface area contributed by atoms with Crippen LogP contribution < -0.4 is 15.9 Å². The Balaban J connectivity index is 1.92. The van der Waals surface area contributed by atoms with E-state index in [1.807, 2.05) is 0 Å². The first kappa shape index (κ1) is 15.8. The number of hydrogen-bond acceptors (Lipinski definition) is 6. The minimum absolute atomic E-state index is 0.0295. The van der Waals surface area contributed by atoms with Crippen LogP contribution >= 0.6 is 0 Å². The minimum Gasteiger partial charge on any atom is -0.394 e. The Morgan fingerprint density at radius 3 is 2.74 bits per heavy atom. The van der Waals surface area contributed by atoms with E-state index in [2.05, 4.69) is 10.3 Å². The third-order valence-corrected chi connectivity index (χ3v) is 3.76. The predicted octanol–water partition coefficient (Wildman–Crippen LogP) is -1.34. The van der Waals surface area contributed by atoms with E-state index < -0.39 is 42.7 Å². The first-order chi connectivity index (χ1) is 10.9. The number of carbonyl (C=O) groups excluding carboxylic acids is 1. The quantitative estimate of drug-likeness (QED) is 0.631. The summed E-state index contributed by atoms with van der Waals surface area (Å²) in [5.74, 6) is -3.74. The molecule has 126 valence electrons. The zero-order chi connectivity index (χ0) is 16.8. The van der Waals surface area contributed by atoms with E-state index in [-0.39, 0.29) is 5.82 Å². The van der Waals surface area contributed by atoms with E-state index in [0.29, 0.717) is 17.7 Å². The number of amides is 2. The molecule has 0 unspecified atom stereocenters. The molecule has 9 nitrogen and oxygen atoms in total. The largest absolute Gasteiger partial charge is 0.394 e. The average molecular weight is 332 g/mol. The van der Waals surface area contributed by atoms with Gasteiger partial charge in [-0.25, -0.2) is 9.59 Å². The highest BCUT2D eigenvalue weighted by Crippen LogP contribution is 2.41. The Morgan fingerprint density at radius 1 is 1.48 bits per heavy atom. The number of nitrogens with zero attached hydrogens (tertiary/aromatic N) is 3. The van der Waals surface area contributed by atoms with Gasteiger partial charge >= 0.3 is 17.6 Å². The highest BCUT2D eigenvalue weighted by atomic mass is 19.3. The number of halogens is 2. The molecule has 0 spiro atoms. The SMILES string of the molecule is O=C1NCCN1c1ccn([C@@H]2O[C@H](CO)[C@@H](O)C2(F)F)c(=O)n1. The predicted molar refractivity (Wildman–Crippen MR) is 71.2 cm³/mol. The van der Waals surface area contributed by atoms with Crippen molar-refractivity contribution < 1.29 is 28.5 Å². The lowest BCUT2D eigenvalue weighted by atomic mass is 10.1. The molecule has 0 radical (unpaired) electrons. The Labute approximate surface area is 128 Å². The van der Waals surface area contributed by atoms with Gasteiger partial charge in [0.2, 0.25) is 6.23 Å². The Kier molecular flexibility index (Phi) is 3.78. The standard InChI is InChI=1S/C12H14F2N4O5/c13-12(14)8(20)6(5-19)23-9(12)18-3-1-7(16-11(18)22)17-4-2-15-10(17)21/h1,3,6,8-9,19-20H,2,4-5H2,(H,15,21)/t6-,8-,9-/m1/s1. The Hall–Kier alpha value is -2.11. The minimum atomic E-state index is -3.77. The van der Waals surface area contributed by atoms with Crippen LogP contribution in [0.4, 0.5) is 19.4 Å². The van der Waals surface area contributed by atoms with Crippen LogP contribution in [-0.2, 0) is 4.74 Å². The van der Waals surface area contributed by atoms with Gasteiger partial charge in [-0.05, 0) is 6.07 Å². The van der Waals surface area contributed by atoms with E-state index >= 15 is 0 Å². The summed E-state index contributed by atoms with van der Waals surface area (Å²) in [6.45, 7) is -0.129. The third-order valence-electron chi connectivity index (χ3n) is 3.76. The van der Waals surface area contributed by atoms with E-state index in [4.69, 9.17) is 9.84 Å². The van der Waals surface area contributed by atoms with Crippen molar-refractivity contribution in [2.45, 2.75) is 24.4 Å². The van der Waals surface area contributed by atoms with Crippen LogP contribution in [-0.4, -0.2) is 63.6 Å². The van der Waals surface area contributed by atoms with Crippen LogP contribution in [0.5, 0.6) is 0 Å². The maximum absolute atomic E-state index is 14.0. The van der Waals surface area contributed by atoms with Gasteiger partial charge in [0.1, 0.15) is 11.9 Å². The number of hydrogen-bond donors (Lipinski definition) is 3. The topological polar surface area (TPSA) is 117 Å². The number of alkyl halides is 2. The molecule has 3 N–H and O–H groups in total. The first-order valence-electron chi connectivity index (χ1n) is 6.83. The lowest BCUT2D eigenvalue weighted by molar-refractivity contribution is -0.140. The summed E-state index contributed by atoms with van der Waals surface area (Å²) in [6, 6.07) is 0.789. The second-order valence-corrected chi connectivity index (χ2v) is 5.19. The lowest BCUT2D eigenvalue weighted by Crippen LogP contribution is -2.42. The molecule has 1 aromatic heterocycles. The zero-order valence-electron chi connectivity index (χ0n) is 11.7. The van der Waals surface area contributed by atoms with Gasteiger partial charge in [-0.2, -0.15) is 13.8 Å². The molecule has 23 heavy (non-hydrogen) atoms. The maximum Gasteiger partial charge on any atom is 0.351 e. The van der Waals surface area contributed by atoms with Crippen LogP contribution in [0.1, 0.15) is 6.23 Å². The molecule has 2 amide bonds. The van der Waals surface area contributed by atoms with Crippen molar-refractivity contribution in [1.29, 1.82) is 0 Å². The summed E-state index contributed by atoms with van der Waals surface area (Å²) in [5, 5.41) is 20.9. The number of ether oxygens (including phenoxy) is 1. The van der Waals surface area contributed by atoms with Gasteiger partial charge in [-0.3, -0.25) is 9.47 Å². The van der Waals surface area contributed by atoms with Gasteiger partial charge in [0.05, 0.1) is 6.61 Å². The number of rotatable bonds is 3. The van der Waals surface area contributed by atoms with Gasteiger partial charge in [0, 0.05) is 19.3 Å². The van der Waals surface area contributed by atoms with Gasteiger partial charge in [-0.15, -0.1) is 0 Å². The number of urea groups is 1. The molecular formula is C12H14F2N4O5. The molecule has 0 aromatic carbocycles. The van der Waals surface area contributed by atoms with Gasteiger partial charge in [0.25, 0.3) is 0 Å². The maximum atomic E-state index is 14.0. The molecule has 2 aliphatic rings. The van der Waals surface area contributed by atoms with Crippen LogP contribution in [0.25, 0.3) is 0 Å². The zero-order valence-corrected chi connectivity index (χ0v) is 11.7. The molecule has 3 heterocycles. The molecular weight excluding hydrogens is 318 g/mol. The second kappa shape index (κ2) is 5.51. The number of anilines is 1. The van der Waals surface area contributed by atoms with Crippen molar-refractivity contribution in [2.75, 3.05) is 24.6 Å². The van der Waals surface area contributed by atoms with Crippen molar-refractivity contribution in [3.8, 4) is 0 Å². The number of carbonyl (C=O) groups is 1. The van der Waals surface area contributed by atoms with Crippen molar-refractivity contribution >= 4 is 11.8 Å². The number of aromatic nitrogens is 2. The van der Waals surface area contributed by atoms with Crippen LogP contribution in [0.15, 0.2) is 17.1 Å². The summed E-state index contributed by atoms with van der Waals surface area (Å²) in [7, 11) is 0. The summed E-state index contributed by atoms with van der Waals surface area (Å²) in [4.78, 5) is 28.3. The average Bonchev–Trinajstić information content (AvgIpc) is 3.02. The Bertz CT molecular complexity index is 682. The number of aliphatic hydroxyl groups is 2. The smallest absolute Gasteiger partial charge is 0.351 e. The van der Waals surface area contributed by atoms with E-state index in [9.17, 15) is 23.5 Å². The highest BCUT2D eigenvalue weighted by molar-refractivity contribution is 5.92. The van der Waals surface area contributed by atoms with Crippen LogP contribution in [0.3, 0.4) is 0 Å². The first-order valence-corrected chi connectivity index (χ1v) is 6.83. The third kappa shape index (κ3) is 2.46. The molecule has 0 aliphatic carbocycles.